The molecule has 0 aromatic heterocycles. The number of hydrogen-bond acceptors (Lipinski definition) is 3. The molecule has 0 heterocycles. The van der Waals surface area contributed by atoms with Crippen LogP contribution >= 0.6 is 0 Å². The van der Waals surface area contributed by atoms with E-state index in [-0.39, 0.29) is 5.97 Å². The van der Waals surface area contributed by atoms with Crippen molar-refractivity contribution in [2.45, 2.75) is 219 Å². The smallest absolute Gasteiger partial charge is 0.345 e. The Morgan fingerprint density at radius 3 is 1.21 bits per heavy atom. The first-order valence-electron chi connectivity index (χ1n) is 18.7. The predicted molar refractivity (Wildman–Crippen MR) is 181 cm³/mol. The van der Waals surface area contributed by atoms with Crippen LogP contribution < -0.4 is 0 Å². The Kier molecular flexibility index (Phi) is 33.1. The van der Waals surface area contributed by atoms with Crippen molar-refractivity contribution in [3.63, 3.8) is 0 Å². The molecule has 0 saturated heterocycles. The fraction of sp³-hybridized carbons (Fsp3) is 0.895. The van der Waals surface area contributed by atoms with E-state index in [1.54, 1.807) is 0 Å². The van der Waals surface area contributed by atoms with E-state index in [9.17, 15) is 14.7 Å². The molecule has 4 nitrogen and oxygen atoms in total. The van der Waals surface area contributed by atoms with E-state index >= 15 is 0 Å². The number of esters is 1. The number of carbonyl (C=O) groups is 2. The van der Waals surface area contributed by atoms with Crippen molar-refractivity contribution < 1.29 is 19.4 Å². The zero-order valence-electron chi connectivity index (χ0n) is 28.3. The SMILES string of the molecule is CCCCCCCC/C=C\CCCCCCCCCC(=O)OC(CCCCCCCCCCCCCCCC)C(=O)O. The first kappa shape index (κ1) is 40.7. The standard InChI is InChI=1S/C38H72O4/c1-3-5-7-9-11-13-15-17-19-20-21-23-25-27-29-31-33-35-37(39)42-36(38(40)41)34-32-30-28-26-24-22-18-16-14-12-10-8-6-4-2/h17,19,36H,3-16,18,20-35H2,1-2H3,(H,40,41)/b19-17-. The minimum atomic E-state index is -1.00. The molecule has 248 valence electrons. The van der Waals surface area contributed by atoms with Crippen molar-refractivity contribution >= 4 is 11.9 Å². The summed E-state index contributed by atoms with van der Waals surface area (Å²) in [6.07, 6.45) is 41.0. The van der Waals surface area contributed by atoms with Gasteiger partial charge in [0.25, 0.3) is 0 Å². The Hall–Kier alpha value is -1.32. The van der Waals surface area contributed by atoms with Crippen molar-refractivity contribution in [3.05, 3.63) is 12.2 Å². The number of unbranched alkanes of at least 4 members (excludes halogenated alkanes) is 26. The van der Waals surface area contributed by atoms with E-state index < -0.39 is 12.1 Å². The number of carboxylic acid groups (broad SMARTS) is 1. The zero-order valence-corrected chi connectivity index (χ0v) is 28.3. The second-order valence-electron chi connectivity index (χ2n) is 12.7. The highest BCUT2D eigenvalue weighted by atomic mass is 16.6. The molecule has 0 aliphatic carbocycles. The van der Waals surface area contributed by atoms with Gasteiger partial charge in [0.2, 0.25) is 0 Å². The Bertz CT molecular complexity index is 600. The summed E-state index contributed by atoms with van der Waals surface area (Å²) in [5.41, 5.74) is 0. The quantitative estimate of drug-likeness (QED) is 0.0458. The zero-order chi connectivity index (χ0) is 30.8. The number of carboxylic acids is 1. The van der Waals surface area contributed by atoms with Crippen LogP contribution in [-0.4, -0.2) is 23.1 Å². The highest BCUT2D eigenvalue weighted by molar-refractivity contribution is 5.77. The molecule has 0 spiro atoms. The maximum Gasteiger partial charge on any atom is 0.345 e. The van der Waals surface area contributed by atoms with E-state index in [0.717, 1.165) is 38.5 Å². The normalized spacial score (nSPS) is 12.2. The van der Waals surface area contributed by atoms with Gasteiger partial charge in [-0.05, 0) is 44.9 Å². The van der Waals surface area contributed by atoms with E-state index in [2.05, 4.69) is 26.0 Å². The van der Waals surface area contributed by atoms with E-state index in [1.165, 1.54) is 148 Å². The summed E-state index contributed by atoms with van der Waals surface area (Å²) in [5.74, 6) is -1.35. The predicted octanol–water partition coefficient (Wildman–Crippen LogP) is 12.7. The maximum absolute atomic E-state index is 12.2. The number of carbonyl (C=O) groups excluding carboxylic acids is 1. The monoisotopic (exact) mass is 593 g/mol. The van der Waals surface area contributed by atoms with Crippen LogP contribution in [0.25, 0.3) is 0 Å². The average molecular weight is 593 g/mol. The lowest BCUT2D eigenvalue weighted by atomic mass is 10.0. The van der Waals surface area contributed by atoms with Crippen molar-refractivity contribution in [1.29, 1.82) is 0 Å². The molecule has 0 saturated carbocycles. The van der Waals surface area contributed by atoms with Gasteiger partial charge in [-0.15, -0.1) is 0 Å². The molecular formula is C38H72O4. The third kappa shape index (κ3) is 31.6. The van der Waals surface area contributed by atoms with Crippen LogP contribution in [0.5, 0.6) is 0 Å². The van der Waals surface area contributed by atoms with Crippen molar-refractivity contribution in [2.75, 3.05) is 0 Å². The van der Waals surface area contributed by atoms with Crippen LogP contribution in [0, 0.1) is 0 Å². The molecule has 1 N–H and O–H groups in total. The summed E-state index contributed by atoms with van der Waals surface area (Å²) in [4.78, 5) is 23.7. The molecule has 1 unspecified atom stereocenters. The molecule has 0 fully saturated rings. The molecule has 0 radical (unpaired) electrons. The number of rotatable bonds is 34. The maximum atomic E-state index is 12.2. The van der Waals surface area contributed by atoms with Gasteiger partial charge in [-0.1, -0.05) is 174 Å². The Morgan fingerprint density at radius 1 is 0.500 bits per heavy atom. The summed E-state index contributed by atoms with van der Waals surface area (Å²) in [7, 11) is 0. The van der Waals surface area contributed by atoms with Gasteiger partial charge >= 0.3 is 11.9 Å². The van der Waals surface area contributed by atoms with E-state index in [1.807, 2.05) is 0 Å². The average Bonchev–Trinajstić information content (AvgIpc) is 2.98. The van der Waals surface area contributed by atoms with Gasteiger partial charge in [-0.3, -0.25) is 4.79 Å². The molecule has 0 amide bonds. The highest BCUT2D eigenvalue weighted by Gasteiger charge is 2.21. The Morgan fingerprint density at radius 2 is 0.833 bits per heavy atom. The first-order chi connectivity index (χ1) is 20.6. The minimum absolute atomic E-state index is 0.339. The third-order valence-corrected chi connectivity index (χ3v) is 8.51. The highest BCUT2D eigenvalue weighted by Crippen LogP contribution is 2.16. The lowest BCUT2D eigenvalue weighted by molar-refractivity contribution is -0.164. The molecular weight excluding hydrogens is 520 g/mol. The van der Waals surface area contributed by atoms with E-state index in [0.29, 0.717) is 12.8 Å². The first-order valence-corrected chi connectivity index (χ1v) is 18.7. The van der Waals surface area contributed by atoms with Gasteiger partial charge in [0, 0.05) is 6.42 Å². The van der Waals surface area contributed by atoms with Crippen LogP contribution in [0.4, 0.5) is 0 Å². The molecule has 42 heavy (non-hydrogen) atoms. The van der Waals surface area contributed by atoms with Crippen LogP contribution in [0.2, 0.25) is 0 Å². The van der Waals surface area contributed by atoms with E-state index in [4.69, 9.17) is 4.74 Å². The van der Waals surface area contributed by atoms with Gasteiger partial charge in [0.1, 0.15) is 0 Å². The Labute approximate surface area is 262 Å². The summed E-state index contributed by atoms with van der Waals surface area (Å²) in [6, 6.07) is 0. The largest absolute Gasteiger partial charge is 0.479 e. The second-order valence-corrected chi connectivity index (χ2v) is 12.7. The second kappa shape index (κ2) is 34.2. The minimum Gasteiger partial charge on any atom is -0.479 e. The molecule has 0 aliphatic heterocycles. The van der Waals surface area contributed by atoms with Crippen molar-refractivity contribution in [2.24, 2.45) is 0 Å². The van der Waals surface area contributed by atoms with Crippen LogP contribution in [0.3, 0.4) is 0 Å². The number of aliphatic carboxylic acids is 1. The lowest BCUT2D eigenvalue weighted by Crippen LogP contribution is -2.27. The summed E-state index contributed by atoms with van der Waals surface area (Å²) in [6.45, 7) is 4.53. The Balaban J connectivity index is 3.54. The summed E-state index contributed by atoms with van der Waals surface area (Å²) >= 11 is 0. The molecule has 1 atom stereocenters. The van der Waals surface area contributed by atoms with Gasteiger partial charge < -0.3 is 9.84 Å². The van der Waals surface area contributed by atoms with Crippen molar-refractivity contribution in [1.82, 2.24) is 0 Å². The van der Waals surface area contributed by atoms with Gasteiger partial charge in [-0.25, -0.2) is 4.79 Å². The van der Waals surface area contributed by atoms with Gasteiger partial charge in [-0.2, -0.15) is 0 Å². The van der Waals surface area contributed by atoms with Crippen LogP contribution in [0.1, 0.15) is 213 Å². The van der Waals surface area contributed by atoms with Gasteiger partial charge in [0.15, 0.2) is 6.10 Å². The van der Waals surface area contributed by atoms with Gasteiger partial charge in [0.05, 0.1) is 0 Å². The molecule has 0 bridgehead atoms. The molecule has 0 aromatic rings. The molecule has 4 heteroatoms. The molecule has 0 rings (SSSR count). The fourth-order valence-corrected chi connectivity index (χ4v) is 5.67. The summed E-state index contributed by atoms with van der Waals surface area (Å²) in [5, 5.41) is 9.46. The number of hydrogen-bond donors (Lipinski definition) is 1. The van der Waals surface area contributed by atoms with Crippen molar-refractivity contribution in [3.8, 4) is 0 Å². The number of ether oxygens (including phenoxy) is 1. The summed E-state index contributed by atoms with van der Waals surface area (Å²) < 4.78 is 5.31. The third-order valence-electron chi connectivity index (χ3n) is 8.51. The molecule has 0 aromatic carbocycles. The number of allylic oxidation sites excluding steroid dienone is 2. The fourth-order valence-electron chi connectivity index (χ4n) is 5.67. The van der Waals surface area contributed by atoms with Crippen LogP contribution in [-0.2, 0) is 14.3 Å². The lowest BCUT2D eigenvalue weighted by Gasteiger charge is -2.13. The molecule has 0 aliphatic rings. The topological polar surface area (TPSA) is 63.6 Å². The van der Waals surface area contributed by atoms with Crippen LogP contribution in [0.15, 0.2) is 12.2 Å².